The topological polar surface area (TPSA) is 87.4 Å². The van der Waals surface area contributed by atoms with Crippen LogP contribution in [0.3, 0.4) is 0 Å². The summed E-state index contributed by atoms with van der Waals surface area (Å²) in [5, 5.41) is 15.4. The summed E-state index contributed by atoms with van der Waals surface area (Å²) in [6, 6.07) is 4.00. The van der Waals surface area contributed by atoms with E-state index in [0.29, 0.717) is 24.4 Å². The van der Waals surface area contributed by atoms with Gasteiger partial charge in [-0.2, -0.15) is 0 Å². The molecule has 5 heteroatoms. The minimum Gasteiger partial charge on any atom is -0.397 e. The van der Waals surface area contributed by atoms with Gasteiger partial charge >= 0.3 is 0 Å². The number of anilines is 3. The van der Waals surface area contributed by atoms with E-state index in [-0.39, 0.29) is 18.6 Å². The highest BCUT2D eigenvalue weighted by atomic mass is 16.3. The van der Waals surface area contributed by atoms with E-state index >= 15 is 0 Å². The van der Waals surface area contributed by atoms with Crippen molar-refractivity contribution in [1.29, 1.82) is 0 Å². The Kier molecular flexibility index (Phi) is 4.49. The van der Waals surface area contributed by atoms with Crippen molar-refractivity contribution >= 4 is 23.0 Å². The number of nitrogens with two attached hydrogens (primary N) is 1. The van der Waals surface area contributed by atoms with Crippen LogP contribution in [0.25, 0.3) is 0 Å². The molecule has 2 rings (SSSR count). The number of nitrogens with one attached hydrogen (secondary N) is 2. The molecule has 1 amide bonds. The zero-order valence-corrected chi connectivity index (χ0v) is 12.1. The van der Waals surface area contributed by atoms with E-state index in [4.69, 9.17) is 10.8 Å². The van der Waals surface area contributed by atoms with Crippen molar-refractivity contribution in [2.75, 3.05) is 23.0 Å². The third kappa shape index (κ3) is 3.22. The Labute approximate surface area is 119 Å². The summed E-state index contributed by atoms with van der Waals surface area (Å²) in [4.78, 5) is 11.4. The molecular formula is C15H23N3O2. The molecule has 0 saturated heterocycles. The number of aliphatic hydroxyl groups is 1. The van der Waals surface area contributed by atoms with Gasteiger partial charge in [0.05, 0.1) is 11.4 Å². The van der Waals surface area contributed by atoms with Gasteiger partial charge in [0, 0.05) is 24.8 Å². The summed E-state index contributed by atoms with van der Waals surface area (Å²) in [5.41, 5.74) is 9.48. The number of hydrogen-bond acceptors (Lipinski definition) is 4. The van der Waals surface area contributed by atoms with Gasteiger partial charge in [-0.3, -0.25) is 4.79 Å². The molecule has 0 saturated carbocycles. The van der Waals surface area contributed by atoms with Crippen molar-refractivity contribution in [2.45, 2.75) is 39.2 Å². The van der Waals surface area contributed by atoms with Gasteiger partial charge in [-0.25, -0.2) is 0 Å². The molecule has 20 heavy (non-hydrogen) atoms. The summed E-state index contributed by atoms with van der Waals surface area (Å²) >= 11 is 0. The second-order valence-electron chi connectivity index (χ2n) is 5.65. The number of amides is 1. The third-order valence-electron chi connectivity index (χ3n) is 3.76. The monoisotopic (exact) mass is 277 g/mol. The fourth-order valence-electron chi connectivity index (χ4n) is 2.48. The number of nitrogen functional groups attached to an aromatic ring is 1. The van der Waals surface area contributed by atoms with Crippen molar-refractivity contribution in [2.24, 2.45) is 5.92 Å². The molecule has 0 spiro atoms. The van der Waals surface area contributed by atoms with Crippen LogP contribution in [0.1, 0.15) is 32.3 Å². The second-order valence-corrected chi connectivity index (χ2v) is 5.65. The van der Waals surface area contributed by atoms with Gasteiger partial charge in [0.25, 0.3) is 0 Å². The first kappa shape index (κ1) is 14.7. The lowest BCUT2D eigenvalue weighted by Gasteiger charge is -2.25. The predicted octanol–water partition coefficient (Wildman–Crippen LogP) is 1.97. The zero-order valence-electron chi connectivity index (χ0n) is 12.1. The van der Waals surface area contributed by atoms with Gasteiger partial charge in [-0.15, -0.1) is 0 Å². The Hall–Kier alpha value is -1.75. The Bertz CT molecular complexity index is 500. The second kappa shape index (κ2) is 6.13. The largest absolute Gasteiger partial charge is 0.397 e. The van der Waals surface area contributed by atoms with Gasteiger partial charge in [0.2, 0.25) is 5.91 Å². The number of rotatable bonds is 5. The predicted molar refractivity (Wildman–Crippen MR) is 81.8 cm³/mol. The maximum atomic E-state index is 11.4. The average Bonchev–Trinajstić information content (AvgIpc) is 2.39. The molecular weight excluding hydrogens is 254 g/mol. The van der Waals surface area contributed by atoms with E-state index < -0.39 is 0 Å². The Morgan fingerprint density at radius 1 is 1.40 bits per heavy atom. The Balaban J connectivity index is 2.22. The standard InChI is InChI=1S/C15H23N3O2/c1-9(2)12(5-6-19)17-14-7-10-3-4-15(20)18-13(10)8-11(14)16/h7-9,12,17,19H,3-6,16H2,1-2H3,(H,18,20). The minimum atomic E-state index is 0.0398. The van der Waals surface area contributed by atoms with E-state index in [1.165, 1.54) is 0 Å². The number of hydrogen-bond donors (Lipinski definition) is 4. The summed E-state index contributed by atoms with van der Waals surface area (Å²) in [7, 11) is 0. The highest BCUT2D eigenvalue weighted by Crippen LogP contribution is 2.32. The number of fused-ring (bicyclic) bond motifs is 1. The van der Waals surface area contributed by atoms with Gasteiger partial charge in [0.15, 0.2) is 0 Å². The maximum Gasteiger partial charge on any atom is 0.224 e. The summed E-state index contributed by atoms with van der Waals surface area (Å²) in [6.45, 7) is 4.38. The van der Waals surface area contributed by atoms with Crippen molar-refractivity contribution in [1.82, 2.24) is 0 Å². The van der Waals surface area contributed by atoms with Crippen molar-refractivity contribution in [3.8, 4) is 0 Å². The lowest BCUT2D eigenvalue weighted by atomic mass is 9.98. The summed E-state index contributed by atoms with van der Waals surface area (Å²) in [6.07, 6.45) is 1.94. The van der Waals surface area contributed by atoms with Crippen LogP contribution in [0.5, 0.6) is 0 Å². The first-order valence-electron chi connectivity index (χ1n) is 7.11. The van der Waals surface area contributed by atoms with Crippen molar-refractivity contribution in [3.63, 3.8) is 0 Å². The third-order valence-corrected chi connectivity index (χ3v) is 3.76. The molecule has 0 bridgehead atoms. The Morgan fingerprint density at radius 3 is 2.80 bits per heavy atom. The van der Waals surface area contributed by atoms with Crippen LogP contribution in [-0.2, 0) is 11.2 Å². The zero-order chi connectivity index (χ0) is 14.7. The molecule has 0 radical (unpaired) electrons. The fraction of sp³-hybridized carbons (Fsp3) is 0.533. The highest BCUT2D eigenvalue weighted by molar-refractivity contribution is 5.95. The SMILES string of the molecule is CC(C)C(CCO)Nc1cc2c(cc1N)NC(=O)CC2. The van der Waals surface area contributed by atoms with E-state index in [9.17, 15) is 4.79 Å². The molecule has 5 nitrogen and oxygen atoms in total. The average molecular weight is 277 g/mol. The van der Waals surface area contributed by atoms with E-state index in [0.717, 1.165) is 23.4 Å². The molecule has 0 aromatic heterocycles. The lowest BCUT2D eigenvalue weighted by molar-refractivity contribution is -0.116. The van der Waals surface area contributed by atoms with Crippen LogP contribution in [0.4, 0.5) is 17.1 Å². The first-order valence-corrected chi connectivity index (χ1v) is 7.11. The molecule has 110 valence electrons. The maximum absolute atomic E-state index is 11.4. The number of aryl methyl sites for hydroxylation is 1. The number of carbonyl (C=O) groups excluding carboxylic acids is 1. The van der Waals surface area contributed by atoms with Crippen LogP contribution in [0.2, 0.25) is 0 Å². The molecule has 5 N–H and O–H groups in total. The van der Waals surface area contributed by atoms with E-state index in [1.807, 2.05) is 12.1 Å². The summed E-state index contributed by atoms with van der Waals surface area (Å²) in [5.74, 6) is 0.440. The molecule has 1 atom stereocenters. The number of carbonyl (C=O) groups is 1. The van der Waals surface area contributed by atoms with Crippen molar-refractivity contribution in [3.05, 3.63) is 17.7 Å². The number of aliphatic hydroxyl groups excluding tert-OH is 1. The smallest absolute Gasteiger partial charge is 0.224 e. The highest BCUT2D eigenvalue weighted by Gasteiger charge is 2.19. The van der Waals surface area contributed by atoms with Crippen LogP contribution in [-0.4, -0.2) is 23.7 Å². The molecule has 1 aromatic rings. The van der Waals surface area contributed by atoms with Crippen LogP contribution < -0.4 is 16.4 Å². The van der Waals surface area contributed by atoms with Gasteiger partial charge in [-0.1, -0.05) is 13.8 Å². The van der Waals surface area contributed by atoms with E-state index in [1.54, 1.807) is 0 Å². The lowest BCUT2D eigenvalue weighted by Crippen LogP contribution is -2.27. The molecule has 1 aliphatic heterocycles. The first-order chi connectivity index (χ1) is 9.51. The molecule has 1 unspecified atom stereocenters. The quantitative estimate of drug-likeness (QED) is 0.620. The van der Waals surface area contributed by atoms with Crippen molar-refractivity contribution < 1.29 is 9.90 Å². The number of benzene rings is 1. The molecule has 0 fully saturated rings. The van der Waals surface area contributed by atoms with Crippen LogP contribution >= 0.6 is 0 Å². The molecule has 1 aromatic carbocycles. The fourth-order valence-corrected chi connectivity index (χ4v) is 2.48. The van der Waals surface area contributed by atoms with Gasteiger partial charge in [0.1, 0.15) is 0 Å². The van der Waals surface area contributed by atoms with Gasteiger partial charge in [-0.05, 0) is 36.5 Å². The normalized spacial score (nSPS) is 15.7. The van der Waals surface area contributed by atoms with Crippen LogP contribution in [0.15, 0.2) is 12.1 Å². The molecule has 1 aliphatic rings. The Morgan fingerprint density at radius 2 is 2.15 bits per heavy atom. The van der Waals surface area contributed by atoms with E-state index in [2.05, 4.69) is 24.5 Å². The summed E-state index contributed by atoms with van der Waals surface area (Å²) < 4.78 is 0. The molecule has 1 heterocycles. The van der Waals surface area contributed by atoms with Crippen LogP contribution in [0, 0.1) is 5.92 Å². The van der Waals surface area contributed by atoms with Gasteiger partial charge < -0.3 is 21.5 Å². The minimum absolute atomic E-state index is 0.0398. The molecule has 0 aliphatic carbocycles.